The Kier molecular flexibility index (Phi) is 5.02. The van der Waals surface area contributed by atoms with Gasteiger partial charge in [0.25, 0.3) is 5.69 Å². The van der Waals surface area contributed by atoms with E-state index in [9.17, 15) is 14.9 Å². The van der Waals surface area contributed by atoms with Gasteiger partial charge in [-0.3, -0.25) is 10.1 Å². The highest BCUT2D eigenvalue weighted by Crippen LogP contribution is 2.23. The lowest BCUT2D eigenvalue weighted by molar-refractivity contribution is -0.385. The Hall–Kier alpha value is -2.38. The van der Waals surface area contributed by atoms with Gasteiger partial charge in [0.2, 0.25) is 0 Å². The molecule has 1 fully saturated rings. The minimum absolute atomic E-state index is 0.0175. The van der Waals surface area contributed by atoms with Gasteiger partial charge in [0.15, 0.2) is 0 Å². The van der Waals surface area contributed by atoms with E-state index in [1.807, 2.05) is 20.8 Å². The molecule has 0 spiro atoms. The van der Waals surface area contributed by atoms with Crippen LogP contribution in [0.4, 0.5) is 16.3 Å². The van der Waals surface area contributed by atoms with Crippen LogP contribution in [0.1, 0.15) is 27.2 Å². The van der Waals surface area contributed by atoms with Crippen LogP contribution in [-0.2, 0) is 4.74 Å². The van der Waals surface area contributed by atoms with E-state index in [-0.39, 0.29) is 5.69 Å². The number of nitro groups is 1. The highest BCUT2D eigenvalue weighted by Gasteiger charge is 2.25. The minimum Gasteiger partial charge on any atom is -0.444 e. The Bertz CT molecular complexity index is 568. The number of carbonyl (C=O) groups is 1. The van der Waals surface area contributed by atoms with Crippen LogP contribution in [0.2, 0.25) is 0 Å². The predicted octanol–water partition coefficient (Wildman–Crippen LogP) is 2.34. The fourth-order valence-electron chi connectivity index (χ4n) is 2.42. The number of anilines is 1. The SMILES string of the molecule is CC(C)(C)OC(=O)NC[C@H]1CCN(c2ccc([N+](=O)[O-])cn2)C1. The van der Waals surface area contributed by atoms with E-state index < -0.39 is 16.6 Å². The molecule has 2 rings (SSSR count). The summed E-state index contributed by atoms with van der Waals surface area (Å²) in [5.41, 5.74) is -0.523. The first-order valence-corrected chi connectivity index (χ1v) is 7.57. The second-order valence-electron chi connectivity index (χ2n) is 6.62. The van der Waals surface area contributed by atoms with Gasteiger partial charge in [0.1, 0.15) is 17.6 Å². The molecule has 0 aliphatic carbocycles. The van der Waals surface area contributed by atoms with Gasteiger partial charge in [-0.2, -0.15) is 0 Å². The average Bonchev–Trinajstić information content (AvgIpc) is 2.92. The van der Waals surface area contributed by atoms with Crippen molar-refractivity contribution in [1.29, 1.82) is 0 Å². The fourth-order valence-corrected chi connectivity index (χ4v) is 2.42. The van der Waals surface area contributed by atoms with Crippen molar-refractivity contribution < 1.29 is 14.5 Å². The van der Waals surface area contributed by atoms with Crippen molar-refractivity contribution in [2.45, 2.75) is 32.8 Å². The Labute approximate surface area is 135 Å². The third kappa shape index (κ3) is 5.08. The molecular formula is C15H22N4O4. The number of rotatable bonds is 4. The van der Waals surface area contributed by atoms with Crippen molar-refractivity contribution >= 4 is 17.6 Å². The number of pyridine rings is 1. The molecule has 0 radical (unpaired) electrons. The summed E-state index contributed by atoms with van der Waals surface area (Å²) in [4.78, 5) is 28.0. The van der Waals surface area contributed by atoms with Gasteiger partial charge in [-0.15, -0.1) is 0 Å². The van der Waals surface area contributed by atoms with E-state index in [2.05, 4.69) is 15.2 Å². The summed E-state index contributed by atoms with van der Waals surface area (Å²) in [7, 11) is 0. The monoisotopic (exact) mass is 322 g/mol. The fraction of sp³-hybridized carbons (Fsp3) is 0.600. The molecule has 1 aromatic heterocycles. The zero-order valence-corrected chi connectivity index (χ0v) is 13.6. The summed E-state index contributed by atoms with van der Waals surface area (Å²) in [6.45, 7) is 7.57. The number of ether oxygens (including phenoxy) is 1. The van der Waals surface area contributed by atoms with E-state index in [1.54, 1.807) is 6.07 Å². The molecule has 1 N–H and O–H groups in total. The zero-order chi connectivity index (χ0) is 17.0. The van der Waals surface area contributed by atoms with Crippen molar-refractivity contribution in [1.82, 2.24) is 10.3 Å². The number of nitrogens with zero attached hydrogens (tertiary/aromatic N) is 3. The molecule has 1 aliphatic heterocycles. The predicted molar refractivity (Wildman–Crippen MR) is 85.4 cm³/mol. The van der Waals surface area contributed by atoms with Crippen LogP contribution < -0.4 is 10.2 Å². The molecule has 126 valence electrons. The summed E-state index contributed by atoms with van der Waals surface area (Å²) in [6, 6.07) is 3.11. The number of amides is 1. The molecule has 1 amide bonds. The summed E-state index contributed by atoms with van der Waals surface area (Å²) >= 11 is 0. The quantitative estimate of drug-likeness (QED) is 0.675. The van der Waals surface area contributed by atoms with Gasteiger partial charge in [0, 0.05) is 25.7 Å². The van der Waals surface area contributed by atoms with E-state index in [0.717, 1.165) is 25.3 Å². The van der Waals surface area contributed by atoms with Crippen LogP contribution in [0.3, 0.4) is 0 Å². The van der Waals surface area contributed by atoms with Crippen molar-refractivity contribution in [3.63, 3.8) is 0 Å². The zero-order valence-electron chi connectivity index (χ0n) is 13.6. The van der Waals surface area contributed by atoms with E-state index in [1.165, 1.54) is 12.3 Å². The van der Waals surface area contributed by atoms with Crippen LogP contribution in [0.25, 0.3) is 0 Å². The first kappa shape index (κ1) is 17.0. The molecule has 0 aromatic carbocycles. The lowest BCUT2D eigenvalue weighted by Gasteiger charge is -2.21. The van der Waals surface area contributed by atoms with Crippen molar-refractivity contribution in [3.8, 4) is 0 Å². The lowest BCUT2D eigenvalue weighted by Crippen LogP contribution is -2.36. The average molecular weight is 322 g/mol. The Morgan fingerprint density at radius 2 is 2.26 bits per heavy atom. The van der Waals surface area contributed by atoms with Crippen molar-refractivity contribution in [2.24, 2.45) is 5.92 Å². The largest absolute Gasteiger partial charge is 0.444 e. The molecule has 8 nitrogen and oxygen atoms in total. The second kappa shape index (κ2) is 6.80. The molecule has 1 aromatic rings. The first-order chi connectivity index (χ1) is 10.7. The van der Waals surface area contributed by atoms with Crippen LogP contribution in [-0.4, -0.2) is 41.2 Å². The van der Waals surface area contributed by atoms with Gasteiger partial charge >= 0.3 is 6.09 Å². The van der Waals surface area contributed by atoms with Gasteiger partial charge in [-0.1, -0.05) is 0 Å². The number of hydrogen-bond donors (Lipinski definition) is 1. The van der Waals surface area contributed by atoms with Crippen LogP contribution in [0, 0.1) is 16.0 Å². The summed E-state index contributed by atoms with van der Waals surface area (Å²) in [6.07, 6.45) is 1.78. The number of nitrogens with one attached hydrogen (secondary N) is 1. The molecule has 0 saturated carbocycles. The lowest BCUT2D eigenvalue weighted by atomic mass is 10.1. The maximum Gasteiger partial charge on any atom is 0.407 e. The number of alkyl carbamates (subject to hydrolysis) is 1. The molecule has 0 bridgehead atoms. The van der Waals surface area contributed by atoms with Crippen molar-refractivity contribution in [2.75, 3.05) is 24.5 Å². The number of aromatic nitrogens is 1. The number of carbonyl (C=O) groups excluding carboxylic acids is 1. The van der Waals surface area contributed by atoms with E-state index >= 15 is 0 Å². The van der Waals surface area contributed by atoms with Crippen LogP contribution >= 0.6 is 0 Å². The number of hydrogen-bond acceptors (Lipinski definition) is 6. The third-order valence-corrected chi connectivity index (χ3v) is 3.49. The molecule has 1 atom stereocenters. The molecule has 1 aliphatic rings. The Balaban J connectivity index is 1.82. The normalized spacial score (nSPS) is 17.9. The Morgan fingerprint density at radius 1 is 1.52 bits per heavy atom. The summed E-state index contributed by atoms with van der Waals surface area (Å²) in [5.74, 6) is 1.02. The molecule has 23 heavy (non-hydrogen) atoms. The van der Waals surface area contributed by atoms with Crippen LogP contribution in [0.15, 0.2) is 18.3 Å². The maximum atomic E-state index is 11.6. The van der Waals surface area contributed by atoms with Gasteiger partial charge in [-0.05, 0) is 39.2 Å². The molecule has 2 heterocycles. The molecule has 1 saturated heterocycles. The Morgan fingerprint density at radius 3 is 2.83 bits per heavy atom. The first-order valence-electron chi connectivity index (χ1n) is 7.57. The molecular weight excluding hydrogens is 300 g/mol. The topological polar surface area (TPSA) is 97.6 Å². The van der Waals surface area contributed by atoms with Crippen LogP contribution in [0.5, 0.6) is 0 Å². The van der Waals surface area contributed by atoms with Crippen molar-refractivity contribution in [3.05, 3.63) is 28.4 Å². The van der Waals surface area contributed by atoms with Gasteiger partial charge in [0.05, 0.1) is 4.92 Å². The second-order valence-corrected chi connectivity index (χ2v) is 6.62. The standard InChI is InChI=1S/C15H22N4O4/c1-15(2,3)23-14(20)17-8-11-6-7-18(10-11)13-5-4-12(9-16-13)19(21)22/h4-5,9,11H,6-8,10H2,1-3H3,(H,17,20)/t11-/m1/s1. The van der Waals surface area contributed by atoms with E-state index in [0.29, 0.717) is 12.5 Å². The van der Waals surface area contributed by atoms with Gasteiger partial charge < -0.3 is 15.0 Å². The highest BCUT2D eigenvalue weighted by molar-refractivity contribution is 5.67. The van der Waals surface area contributed by atoms with Gasteiger partial charge in [-0.25, -0.2) is 9.78 Å². The summed E-state index contributed by atoms with van der Waals surface area (Å²) < 4.78 is 5.20. The minimum atomic E-state index is -0.505. The third-order valence-electron chi connectivity index (χ3n) is 3.49. The summed E-state index contributed by atoms with van der Waals surface area (Å²) in [5, 5.41) is 13.4. The maximum absolute atomic E-state index is 11.6. The smallest absolute Gasteiger partial charge is 0.407 e. The van der Waals surface area contributed by atoms with E-state index in [4.69, 9.17) is 4.74 Å². The highest BCUT2D eigenvalue weighted by atomic mass is 16.6. The molecule has 8 heteroatoms. The molecule has 0 unspecified atom stereocenters.